The van der Waals surface area contributed by atoms with Crippen LogP contribution in [-0.4, -0.2) is 115 Å². The molecule has 4 aromatic carbocycles. The molecule has 4 heterocycles. The van der Waals surface area contributed by atoms with Crippen LogP contribution in [0.15, 0.2) is 107 Å². The number of nitrogens with one attached hydrogen (secondary N) is 3. The molecule has 0 radical (unpaired) electrons. The molecule has 0 saturated heterocycles. The van der Waals surface area contributed by atoms with Crippen molar-refractivity contribution in [1.82, 2.24) is 44.2 Å². The summed E-state index contributed by atoms with van der Waals surface area (Å²) in [5.41, 5.74) is 1.68. The Bertz CT molecular complexity index is 3620. The van der Waals surface area contributed by atoms with E-state index in [1.165, 1.54) is 42.5 Å². The number of fused-ring (bicyclic) bond motifs is 2. The number of halogens is 4. The largest absolute Gasteiger partial charge is 0.478 e. The highest BCUT2D eigenvalue weighted by Gasteiger charge is 2.24. The highest BCUT2D eigenvalue weighted by atomic mass is 19.1. The number of carboxylic acids is 1. The molecule has 80 heavy (non-hydrogen) atoms. The maximum absolute atomic E-state index is 15.0. The van der Waals surface area contributed by atoms with Crippen LogP contribution >= 0.6 is 0 Å². The molecule has 0 aliphatic carbocycles. The number of aryl methyl sites for hydroxylation is 2. The zero-order valence-corrected chi connectivity index (χ0v) is 46.3. The maximum atomic E-state index is 15.0. The fourth-order valence-corrected chi connectivity index (χ4v) is 9.15. The number of aromatic nitrogens is 6. The number of nitrogens with zero attached hydrogens (tertiary/aromatic N) is 8. The highest BCUT2D eigenvalue weighted by molar-refractivity contribution is 5.99. The summed E-state index contributed by atoms with van der Waals surface area (Å²) in [5, 5.41) is 19.6. The van der Waals surface area contributed by atoms with Gasteiger partial charge in [-0.25, -0.2) is 32.3 Å². The molecule has 0 unspecified atom stereocenters. The molecule has 20 heteroatoms. The smallest absolute Gasteiger partial charge is 0.335 e. The molecule has 4 N–H and O–H groups in total. The zero-order valence-electron chi connectivity index (χ0n) is 46.3. The quantitative estimate of drug-likeness (QED) is 0.0371. The number of pyridine rings is 2. The molecule has 8 rings (SSSR count). The molecule has 0 bridgehead atoms. The van der Waals surface area contributed by atoms with Gasteiger partial charge in [-0.05, 0) is 144 Å². The van der Waals surface area contributed by atoms with Crippen molar-refractivity contribution in [1.29, 1.82) is 0 Å². The number of benzene rings is 4. The minimum absolute atomic E-state index is 0.00197. The molecule has 16 nitrogen and oxygen atoms in total. The number of carbonyl (C=O) groups is 2. The van der Waals surface area contributed by atoms with E-state index >= 15 is 0 Å². The predicted molar refractivity (Wildman–Crippen MR) is 306 cm³/mol. The van der Waals surface area contributed by atoms with E-state index < -0.39 is 51.7 Å². The van der Waals surface area contributed by atoms with Gasteiger partial charge >= 0.3 is 5.97 Å². The molecular weight excluding hydrogens is 1030 g/mol. The predicted octanol–water partition coefficient (Wildman–Crippen LogP) is 10.4. The number of anilines is 2. The number of rotatable bonds is 22. The van der Waals surface area contributed by atoms with Crippen molar-refractivity contribution >= 4 is 45.8 Å². The van der Waals surface area contributed by atoms with Crippen LogP contribution in [0.3, 0.4) is 0 Å². The minimum Gasteiger partial charge on any atom is -0.478 e. The van der Waals surface area contributed by atoms with Gasteiger partial charge in [-0.1, -0.05) is 65.8 Å². The third kappa shape index (κ3) is 13.7. The lowest BCUT2D eigenvalue weighted by Crippen LogP contribution is -2.27. The SMILES string of the molecule is CCN(CC)CCCNc1nc(-c2cc(C(=O)NCC(C)C)ccc2C)c2ccc(=O)n(-c3c(F)cccc3F)c2n1.CCN(CC)CCCNc1nc(-c2cc(C(=O)O)ccc2C)c2ccc(=O)n(-c3c(F)cccc3F)c2n1. The molecule has 0 aliphatic heterocycles. The molecule has 0 saturated carbocycles. The van der Waals surface area contributed by atoms with Crippen LogP contribution in [0.1, 0.15) is 86.2 Å². The summed E-state index contributed by atoms with van der Waals surface area (Å²) in [6.45, 7) is 23.2. The van der Waals surface area contributed by atoms with Crippen LogP contribution in [0.5, 0.6) is 0 Å². The molecule has 1 amide bonds. The Labute approximate surface area is 461 Å². The first-order chi connectivity index (χ1) is 38.4. The van der Waals surface area contributed by atoms with Crippen LogP contribution in [0.4, 0.5) is 29.5 Å². The second kappa shape index (κ2) is 27.0. The van der Waals surface area contributed by atoms with Gasteiger partial charge in [0, 0.05) is 59.2 Å². The Morgan fingerprint density at radius 3 is 1.36 bits per heavy atom. The first-order valence-electron chi connectivity index (χ1n) is 26.8. The number of carbonyl (C=O) groups excluding carboxylic acids is 1. The molecule has 8 aromatic rings. The maximum Gasteiger partial charge on any atom is 0.335 e. The van der Waals surface area contributed by atoms with Crippen molar-refractivity contribution in [3.63, 3.8) is 0 Å². The average Bonchev–Trinajstić information content (AvgIpc) is 3.43. The Morgan fingerprint density at radius 2 is 0.975 bits per heavy atom. The van der Waals surface area contributed by atoms with Crippen molar-refractivity contribution in [3.8, 4) is 33.9 Å². The van der Waals surface area contributed by atoms with E-state index in [0.717, 1.165) is 96.6 Å². The molecule has 0 aliphatic rings. The Balaban J connectivity index is 0.000000232. The van der Waals surface area contributed by atoms with Gasteiger partial charge in [0.15, 0.2) is 11.3 Å². The van der Waals surface area contributed by atoms with Gasteiger partial charge in [-0.3, -0.25) is 23.5 Å². The van der Waals surface area contributed by atoms with E-state index in [0.29, 0.717) is 58.5 Å². The normalized spacial score (nSPS) is 11.4. The van der Waals surface area contributed by atoms with Crippen LogP contribution in [0.2, 0.25) is 0 Å². The van der Waals surface area contributed by atoms with Gasteiger partial charge in [-0.15, -0.1) is 0 Å². The van der Waals surface area contributed by atoms with Gasteiger partial charge in [0.2, 0.25) is 11.9 Å². The summed E-state index contributed by atoms with van der Waals surface area (Å²) in [4.78, 5) is 73.8. The van der Waals surface area contributed by atoms with E-state index in [-0.39, 0.29) is 40.6 Å². The molecule has 4 aromatic heterocycles. The Kier molecular flexibility index (Phi) is 20.0. The number of carboxylic acid groups (broad SMARTS) is 1. The lowest BCUT2D eigenvalue weighted by Gasteiger charge is -2.18. The van der Waals surface area contributed by atoms with Gasteiger partial charge in [0.25, 0.3) is 17.0 Å². The van der Waals surface area contributed by atoms with Crippen molar-refractivity contribution < 1.29 is 32.3 Å². The van der Waals surface area contributed by atoms with Crippen LogP contribution in [-0.2, 0) is 0 Å². The summed E-state index contributed by atoms with van der Waals surface area (Å²) in [7, 11) is 0. The number of para-hydroxylation sites is 2. The molecule has 420 valence electrons. The number of aromatic carboxylic acids is 1. The number of hydrogen-bond donors (Lipinski definition) is 4. The third-order valence-corrected chi connectivity index (χ3v) is 13.6. The molecule has 0 spiro atoms. The standard InChI is InChI=1S/C32H38F2N6O2.C28H29F2N5O3/c1-6-39(7-2)17-9-16-35-32-37-28(24-18-22(13-12-21(24)5)31(42)36-19-20(3)4)23-14-15-27(41)40(30(23)38-32)29-25(33)10-8-11-26(29)34;1-4-34(5-2)15-7-14-31-28-32-24(20-16-18(27(37)38)11-10-17(20)3)19-12-13-23(36)35(26(19)33-28)25-21(29)8-6-9-22(25)30/h8,10-15,18,20H,6-7,9,16-17,19H2,1-5H3,(H,36,42)(H,35,37,38);6,8-13,16H,4-5,7,14-15H2,1-3H3,(H,37,38)(H,31,32,33). The van der Waals surface area contributed by atoms with Crippen molar-refractivity contribution in [2.75, 3.05) is 69.5 Å². The lowest BCUT2D eigenvalue weighted by atomic mass is 9.99. The van der Waals surface area contributed by atoms with E-state index in [9.17, 15) is 41.8 Å². The Hall–Kier alpha value is -8.36. The summed E-state index contributed by atoms with van der Waals surface area (Å²) in [6, 6.07) is 22.2. The first-order valence-corrected chi connectivity index (χ1v) is 26.8. The van der Waals surface area contributed by atoms with Crippen molar-refractivity contribution in [2.24, 2.45) is 5.92 Å². The summed E-state index contributed by atoms with van der Waals surface area (Å²) >= 11 is 0. The second-order valence-electron chi connectivity index (χ2n) is 19.5. The van der Waals surface area contributed by atoms with Crippen molar-refractivity contribution in [3.05, 3.63) is 163 Å². The Morgan fingerprint density at radius 1 is 0.575 bits per heavy atom. The number of hydrogen-bond acceptors (Lipinski definition) is 12. The van der Waals surface area contributed by atoms with Gasteiger partial charge in [-0.2, -0.15) is 9.97 Å². The third-order valence-electron chi connectivity index (χ3n) is 13.6. The van der Waals surface area contributed by atoms with E-state index in [2.05, 4.69) is 68.4 Å². The van der Waals surface area contributed by atoms with Crippen molar-refractivity contribution in [2.45, 2.75) is 68.2 Å². The van der Waals surface area contributed by atoms with Gasteiger partial charge < -0.3 is 30.9 Å². The van der Waals surface area contributed by atoms with Crippen LogP contribution in [0, 0.1) is 43.0 Å². The van der Waals surface area contributed by atoms with Crippen LogP contribution < -0.4 is 27.1 Å². The van der Waals surface area contributed by atoms with E-state index in [1.807, 2.05) is 26.8 Å². The average molecular weight is 1100 g/mol. The zero-order chi connectivity index (χ0) is 57.8. The highest BCUT2D eigenvalue weighted by Crippen LogP contribution is 2.34. The molecule has 0 fully saturated rings. The van der Waals surface area contributed by atoms with E-state index in [4.69, 9.17) is 4.98 Å². The van der Waals surface area contributed by atoms with Crippen LogP contribution in [0.25, 0.3) is 56.0 Å². The molecule has 0 atom stereocenters. The monoisotopic (exact) mass is 1100 g/mol. The lowest BCUT2D eigenvalue weighted by molar-refractivity contribution is 0.0696. The first kappa shape index (κ1) is 59.3. The topological polar surface area (TPSA) is 192 Å². The fourth-order valence-electron chi connectivity index (χ4n) is 9.15. The summed E-state index contributed by atoms with van der Waals surface area (Å²) in [5.74, 6) is -4.29. The van der Waals surface area contributed by atoms with E-state index in [1.54, 1.807) is 31.2 Å². The molecular formula is C60H67F4N11O5. The number of amides is 1. The van der Waals surface area contributed by atoms with Gasteiger partial charge in [0.1, 0.15) is 34.6 Å². The fraction of sp³-hybridized carbons (Fsp3) is 0.333. The summed E-state index contributed by atoms with van der Waals surface area (Å²) in [6.07, 6.45) is 1.60. The minimum atomic E-state index is -1.11. The second-order valence-corrected chi connectivity index (χ2v) is 19.5. The van der Waals surface area contributed by atoms with Gasteiger partial charge in [0.05, 0.1) is 17.0 Å². The summed E-state index contributed by atoms with van der Waals surface area (Å²) < 4.78 is 61.5.